The first-order valence-corrected chi connectivity index (χ1v) is 7.70. The van der Waals surface area contributed by atoms with Crippen LogP contribution in [0, 0.1) is 19.8 Å². The van der Waals surface area contributed by atoms with Gasteiger partial charge in [-0.05, 0) is 62.9 Å². The minimum Gasteiger partial charge on any atom is -0.358 e. The molecule has 4 heteroatoms. The average molecular weight is 285 g/mol. The van der Waals surface area contributed by atoms with Crippen molar-refractivity contribution in [2.24, 2.45) is 11.7 Å². The van der Waals surface area contributed by atoms with Gasteiger partial charge in [-0.3, -0.25) is 4.79 Å². The number of hydrogen-bond acceptors (Lipinski definition) is 2. The Morgan fingerprint density at radius 3 is 2.95 bits per heavy atom. The third-order valence-corrected chi connectivity index (χ3v) is 4.85. The average Bonchev–Trinajstić information content (AvgIpc) is 3.04. The van der Waals surface area contributed by atoms with Crippen LogP contribution < -0.4 is 11.1 Å². The summed E-state index contributed by atoms with van der Waals surface area (Å²) in [6.45, 7) is 4.79. The van der Waals surface area contributed by atoms with Crippen LogP contribution in [-0.4, -0.2) is 23.5 Å². The van der Waals surface area contributed by atoms with E-state index in [0.29, 0.717) is 12.5 Å². The Kier molecular flexibility index (Phi) is 3.72. The van der Waals surface area contributed by atoms with Gasteiger partial charge in [-0.25, -0.2) is 0 Å². The van der Waals surface area contributed by atoms with Gasteiger partial charge in [0.15, 0.2) is 0 Å². The highest BCUT2D eigenvalue weighted by atomic mass is 16.1. The number of benzene rings is 1. The van der Waals surface area contributed by atoms with E-state index >= 15 is 0 Å². The molecule has 0 aliphatic heterocycles. The second kappa shape index (κ2) is 5.53. The monoisotopic (exact) mass is 285 g/mol. The summed E-state index contributed by atoms with van der Waals surface area (Å²) in [5.41, 5.74) is 9.96. The molecular weight excluding hydrogens is 262 g/mol. The highest BCUT2D eigenvalue weighted by molar-refractivity contribution is 5.99. The van der Waals surface area contributed by atoms with Crippen molar-refractivity contribution in [2.45, 2.75) is 39.2 Å². The molecule has 2 aromatic rings. The largest absolute Gasteiger partial charge is 0.358 e. The van der Waals surface area contributed by atoms with Crippen LogP contribution >= 0.6 is 0 Å². The number of aryl methyl sites for hydroxylation is 2. The van der Waals surface area contributed by atoms with Crippen molar-refractivity contribution >= 4 is 16.8 Å². The minimum atomic E-state index is 0.0144. The Bertz CT molecular complexity index is 674. The topological polar surface area (TPSA) is 70.9 Å². The molecule has 1 heterocycles. The zero-order valence-corrected chi connectivity index (χ0v) is 12.7. The van der Waals surface area contributed by atoms with E-state index in [9.17, 15) is 4.79 Å². The number of nitrogens with one attached hydrogen (secondary N) is 2. The summed E-state index contributed by atoms with van der Waals surface area (Å²) in [7, 11) is 0. The Hall–Kier alpha value is -1.81. The lowest BCUT2D eigenvalue weighted by Crippen LogP contribution is -2.39. The first kappa shape index (κ1) is 14.1. The van der Waals surface area contributed by atoms with E-state index in [-0.39, 0.29) is 11.9 Å². The van der Waals surface area contributed by atoms with Crippen LogP contribution in [0.1, 0.15) is 40.9 Å². The van der Waals surface area contributed by atoms with E-state index in [4.69, 9.17) is 5.73 Å². The molecule has 0 bridgehead atoms. The fourth-order valence-electron chi connectivity index (χ4n) is 3.36. The number of carbonyl (C=O) groups is 1. The minimum absolute atomic E-state index is 0.0144. The van der Waals surface area contributed by atoms with E-state index in [0.717, 1.165) is 41.4 Å². The number of fused-ring (bicyclic) bond motifs is 1. The van der Waals surface area contributed by atoms with Crippen molar-refractivity contribution in [2.75, 3.05) is 6.54 Å². The van der Waals surface area contributed by atoms with Crippen LogP contribution in [-0.2, 0) is 0 Å². The lowest BCUT2D eigenvalue weighted by molar-refractivity contribution is 0.0929. The molecule has 1 aliphatic rings. The number of aromatic nitrogens is 1. The van der Waals surface area contributed by atoms with Crippen molar-refractivity contribution in [3.8, 4) is 0 Å². The molecule has 3 rings (SSSR count). The van der Waals surface area contributed by atoms with Gasteiger partial charge in [0, 0.05) is 28.2 Å². The van der Waals surface area contributed by atoms with Crippen molar-refractivity contribution in [1.82, 2.24) is 10.3 Å². The van der Waals surface area contributed by atoms with Crippen molar-refractivity contribution < 1.29 is 4.79 Å². The third-order valence-electron chi connectivity index (χ3n) is 4.85. The zero-order chi connectivity index (χ0) is 15.0. The van der Waals surface area contributed by atoms with Gasteiger partial charge in [0.1, 0.15) is 0 Å². The summed E-state index contributed by atoms with van der Waals surface area (Å²) in [6.07, 6.45) is 3.32. The summed E-state index contributed by atoms with van der Waals surface area (Å²) in [6, 6.07) is 6.08. The van der Waals surface area contributed by atoms with Crippen LogP contribution in [0.15, 0.2) is 18.2 Å². The van der Waals surface area contributed by atoms with Gasteiger partial charge in [0.25, 0.3) is 5.91 Å². The Labute approximate surface area is 125 Å². The Morgan fingerprint density at radius 1 is 1.38 bits per heavy atom. The maximum absolute atomic E-state index is 12.5. The molecule has 0 radical (unpaired) electrons. The molecule has 1 aromatic carbocycles. The number of carbonyl (C=O) groups excluding carboxylic acids is 1. The molecular formula is C17H23N3O. The molecule has 4 N–H and O–H groups in total. The Morgan fingerprint density at radius 2 is 2.19 bits per heavy atom. The fourth-order valence-corrected chi connectivity index (χ4v) is 3.36. The van der Waals surface area contributed by atoms with Crippen LogP contribution in [0.3, 0.4) is 0 Å². The molecule has 2 atom stereocenters. The summed E-state index contributed by atoms with van der Waals surface area (Å²) in [5, 5.41) is 4.28. The van der Waals surface area contributed by atoms with Gasteiger partial charge < -0.3 is 16.0 Å². The van der Waals surface area contributed by atoms with Crippen LogP contribution in [0.4, 0.5) is 0 Å². The normalized spacial score (nSPS) is 21.9. The summed E-state index contributed by atoms with van der Waals surface area (Å²) >= 11 is 0. The maximum Gasteiger partial charge on any atom is 0.251 e. The number of rotatable bonds is 3. The van der Waals surface area contributed by atoms with Gasteiger partial charge in [-0.1, -0.05) is 6.42 Å². The molecule has 21 heavy (non-hydrogen) atoms. The Balaban J connectivity index is 1.83. The SMILES string of the molecule is Cc1[nH]c2ccc(C(=O)NC3CCCC3CN)cc2c1C. The number of nitrogens with two attached hydrogens (primary N) is 1. The quantitative estimate of drug-likeness (QED) is 0.811. The maximum atomic E-state index is 12.5. The van der Waals surface area contributed by atoms with E-state index in [1.807, 2.05) is 18.2 Å². The van der Waals surface area contributed by atoms with Crippen LogP contribution in [0.5, 0.6) is 0 Å². The first-order valence-electron chi connectivity index (χ1n) is 7.70. The summed E-state index contributed by atoms with van der Waals surface area (Å²) < 4.78 is 0. The molecule has 4 nitrogen and oxygen atoms in total. The van der Waals surface area contributed by atoms with Gasteiger partial charge in [-0.2, -0.15) is 0 Å². The van der Waals surface area contributed by atoms with E-state index in [2.05, 4.69) is 24.1 Å². The predicted molar refractivity (Wildman–Crippen MR) is 85.4 cm³/mol. The lowest BCUT2D eigenvalue weighted by atomic mass is 10.0. The van der Waals surface area contributed by atoms with Gasteiger partial charge >= 0.3 is 0 Å². The molecule has 1 fully saturated rings. The van der Waals surface area contributed by atoms with Crippen molar-refractivity contribution in [3.05, 3.63) is 35.0 Å². The van der Waals surface area contributed by atoms with E-state index in [1.54, 1.807) is 0 Å². The molecule has 0 spiro atoms. The molecule has 1 saturated carbocycles. The summed E-state index contributed by atoms with van der Waals surface area (Å²) in [4.78, 5) is 15.8. The van der Waals surface area contributed by atoms with Crippen LogP contribution in [0.25, 0.3) is 10.9 Å². The van der Waals surface area contributed by atoms with E-state index in [1.165, 1.54) is 5.56 Å². The van der Waals surface area contributed by atoms with E-state index < -0.39 is 0 Å². The number of hydrogen-bond donors (Lipinski definition) is 3. The summed E-state index contributed by atoms with van der Waals surface area (Å²) in [5.74, 6) is 0.439. The molecule has 1 aliphatic carbocycles. The molecule has 112 valence electrons. The van der Waals surface area contributed by atoms with Gasteiger partial charge in [0.2, 0.25) is 0 Å². The number of amides is 1. The fraction of sp³-hybridized carbons (Fsp3) is 0.471. The molecule has 1 aromatic heterocycles. The van der Waals surface area contributed by atoms with Crippen molar-refractivity contribution in [1.29, 1.82) is 0 Å². The smallest absolute Gasteiger partial charge is 0.251 e. The zero-order valence-electron chi connectivity index (χ0n) is 12.7. The lowest BCUT2D eigenvalue weighted by Gasteiger charge is -2.19. The number of H-pyrrole nitrogens is 1. The highest BCUT2D eigenvalue weighted by Gasteiger charge is 2.27. The molecule has 1 amide bonds. The second-order valence-electron chi connectivity index (χ2n) is 6.14. The second-order valence-corrected chi connectivity index (χ2v) is 6.14. The van der Waals surface area contributed by atoms with Gasteiger partial charge in [-0.15, -0.1) is 0 Å². The third kappa shape index (κ3) is 2.56. The molecule has 0 saturated heterocycles. The highest BCUT2D eigenvalue weighted by Crippen LogP contribution is 2.26. The molecule has 2 unspecified atom stereocenters. The van der Waals surface area contributed by atoms with Crippen molar-refractivity contribution in [3.63, 3.8) is 0 Å². The standard InChI is InChI=1S/C17H23N3O/c1-10-11(2)19-16-7-6-12(8-14(10)16)17(21)20-15-5-3-4-13(15)9-18/h6-8,13,15,19H,3-5,9,18H2,1-2H3,(H,20,21). The number of aromatic amines is 1. The van der Waals surface area contributed by atoms with Gasteiger partial charge in [0.05, 0.1) is 0 Å². The first-order chi connectivity index (χ1) is 10.1. The predicted octanol–water partition coefficient (Wildman–Crippen LogP) is 2.64. The van der Waals surface area contributed by atoms with Crippen LogP contribution in [0.2, 0.25) is 0 Å².